The van der Waals surface area contributed by atoms with Crippen molar-refractivity contribution in [1.82, 2.24) is 15.5 Å². The number of nitrogens with zero attached hydrogens (tertiary/aromatic N) is 1. The fourth-order valence-corrected chi connectivity index (χ4v) is 4.87. The summed E-state index contributed by atoms with van der Waals surface area (Å²) in [5.74, 6) is -0.376. The van der Waals surface area contributed by atoms with Gasteiger partial charge < -0.3 is 26.0 Å². The molecule has 0 aromatic heterocycles. The van der Waals surface area contributed by atoms with Crippen LogP contribution >= 0.6 is 0 Å². The molecule has 0 spiro atoms. The monoisotopic (exact) mass is 485 g/mol. The number of amides is 3. The predicted octanol–water partition coefficient (Wildman–Crippen LogP) is 3.05. The first-order valence-electron chi connectivity index (χ1n) is 12.6. The van der Waals surface area contributed by atoms with Gasteiger partial charge in [0.2, 0.25) is 11.8 Å². The number of ether oxygens (including phenoxy) is 1. The summed E-state index contributed by atoms with van der Waals surface area (Å²) in [6.45, 7) is 6.18. The molecule has 5 N–H and O–H groups in total. The van der Waals surface area contributed by atoms with Gasteiger partial charge in [0.05, 0.1) is 0 Å². The van der Waals surface area contributed by atoms with Gasteiger partial charge in [-0.15, -0.1) is 0 Å². The zero-order chi connectivity index (χ0) is 25.6. The third kappa shape index (κ3) is 7.44. The van der Waals surface area contributed by atoms with Crippen molar-refractivity contribution < 1.29 is 19.1 Å². The molecule has 9 heteroatoms. The smallest absolute Gasteiger partial charge is 0.408 e. The maximum atomic E-state index is 13.7. The number of rotatable bonds is 7. The Labute approximate surface area is 207 Å². The van der Waals surface area contributed by atoms with Crippen LogP contribution in [0.25, 0.3) is 0 Å². The van der Waals surface area contributed by atoms with Gasteiger partial charge in [-0.05, 0) is 57.9 Å². The van der Waals surface area contributed by atoms with E-state index in [1.54, 1.807) is 37.8 Å². The maximum Gasteiger partial charge on any atom is 0.408 e. The number of likely N-dealkylation sites (tertiary alicyclic amines) is 1. The average molecular weight is 486 g/mol. The van der Waals surface area contributed by atoms with Crippen molar-refractivity contribution in [3.05, 3.63) is 35.4 Å². The molecule has 192 valence electrons. The van der Waals surface area contributed by atoms with Gasteiger partial charge in [0.25, 0.3) is 0 Å². The lowest BCUT2D eigenvalue weighted by molar-refractivity contribution is -0.141. The van der Waals surface area contributed by atoms with Crippen LogP contribution in [0.1, 0.15) is 76.8 Å². The van der Waals surface area contributed by atoms with E-state index in [2.05, 4.69) is 10.6 Å². The number of nitrogens with one attached hydrogen (secondary N) is 3. The fourth-order valence-electron chi connectivity index (χ4n) is 4.87. The summed E-state index contributed by atoms with van der Waals surface area (Å²) in [4.78, 5) is 40.9. The second-order valence-corrected chi connectivity index (χ2v) is 10.5. The number of nitrogen functional groups attached to an aromatic ring is 1. The van der Waals surface area contributed by atoms with Gasteiger partial charge in [-0.25, -0.2) is 4.79 Å². The standard InChI is InChI=1S/C26H39N5O4/c1-26(2,3)35-25(34)30-21(18-8-5-4-6-9-18)24(33)31-15-7-10-20(31)23(32)29-16-17-11-13-19(14-12-17)22(27)28/h11-14,18,20-21H,4-10,15-16H2,1-3H3,(H3,27,28)(H,29,32)(H,30,34)/t20-,21+/m0/s1. The lowest BCUT2D eigenvalue weighted by Gasteiger charge is -2.35. The highest BCUT2D eigenvalue weighted by molar-refractivity contribution is 5.95. The third-order valence-corrected chi connectivity index (χ3v) is 6.63. The Balaban J connectivity index is 1.67. The number of carbonyl (C=O) groups is 3. The molecule has 1 saturated heterocycles. The number of hydrogen-bond acceptors (Lipinski definition) is 5. The molecule has 2 aliphatic rings. The van der Waals surface area contributed by atoms with Gasteiger partial charge in [0.1, 0.15) is 23.5 Å². The Bertz CT molecular complexity index is 919. The van der Waals surface area contributed by atoms with Crippen LogP contribution in [-0.2, 0) is 20.9 Å². The van der Waals surface area contributed by atoms with E-state index in [4.69, 9.17) is 15.9 Å². The molecule has 0 unspecified atom stereocenters. The van der Waals surface area contributed by atoms with Gasteiger partial charge in [-0.3, -0.25) is 15.0 Å². The minimum Gasteiger partial charge on any atom is -0.444 e. The molecule has 9 nitrogen and oxygen atoms in total. The first-order chi connectivity index (χ1) is 16.5. The van der Waals surface area contributed by atoms with Crippen molar-refractivity contribution in [3.8, 4) is 0 Å². The molecule has 3 amide bonds. The molecule has 1 aromatic rings. The van der Waals surface area contributed by atoms with Crippen LogP contribution in [0.15, 0.2) is 24.3 Å². The molecule has 1 aromatic carbocycles. The number of carbonyl (C=O) groups excluding carboxylic acids is 3. The fraction of sp³-hybridized carbons (Fsp3) is 0.615. The molecule has 1 aliphatic heterocycles. The Kier molecular flexibility index (Phi) is 8.75. The molecule has 1 saturated carbocycles. The Morgan fingerprint density at radius 2 is 1.74 bits per heavy atom. The van der Waals surface area contributed by atoms with E-state index in [1.165, 1.54) is 0 Å². The topological polar surface area (TPSA) is 138 Å². The second-order valence-electron chi connectivity index (χ2n) is 10.5. The van der Waals surface area contributed by atoms with Crippen LogP contribution in [-0.4, -0.2) is 52.9 Å². The SMILES string of the molecule is CC(C)(C)OC(=O)N[C@@H](C(=O)N1CCC[C@H]1C(=O)NCc1ccc(C(=N)N)cc1)C1CCCCC1. The lowest BCUT2D eigenvalue weighted by atomic mass is 9.83. The summed E-state index contributed by atoms with van der Waals surface area (Å²) in [5, 5.41) is 13.3. The summed E-state index contributed by atoms with van der Waals surface area (Å²) in [6, 6.07) is 5.86. The summed E-state index contributed by atoms with van der Waals surface area (Å²) in [5.41, 5.74) is 6.33. The number of nitrogens with two attached hydrogens (primary N) is 1. The highest BCUT2D eigenvalue weighted by atomic mass is 16.6. The second kappa shape index (κ2) is 11.6. The van der Waals surface area contributed by atoms with Gasteiger partial charge in [0, 0.05) is 18.7 Å². The van der Waals surface area contributed by atoms with Crippen LogP contribution in [0.4, 0.5) is 4.79 Å². The molecule has 2 fully saturated rings. The van der Waals surface area contributed by atoms with Crippen LogP contribution < -0.4 is 16.4 Å². The van der Waals surface area contributed by atoms with Crippen molar-refractivity contribution in [2.24, 2.45) is 11.7 Å². The molecular formula is C26H39N5O4. The Morgan fingerprint density at radius 1 is 1.09 bits per heavy atom. The minimum atomic E-state index is -0.697. The summed E-state index contributed by atoms with van der Waals surface area (Å²) >= 11 is 0. The van der Waals surface area contributed by atoms with Crippen LogP contribution in [0.5, 0.6) is 0 Å². The molecule has 35 heavy (non-hydrogen) atoms. The zero-order valence-electron chi connectivity index (χ0n) is 21.1. The van der Waals surface area contributed by atoms with Crippen molar-refractivity contribution in [2.75, 3.05) is 6.54 Å². The van der Waals surface area contributed by atoms with Crippen molar-refractivity contribution in [1.29, 1.82) is 5.41 Å². The molecule has 3 rings (SSSR count). The average Bonchev–Trinajstić information content (AvgIpc) is 3.30. The van der Waals surface area contributed by atoms with Gasteiger partial charge >= 0.3 is 6.09 Å². The number of benzene rings is 1. The van der Waals surface area contributed by atoms with E-state index < -0.39 is 23.8 Å². The summed E-state index contributed by atoms with van der Waals surface area (Å²) in [6.07, 6.45) is 5.64. The lowest BCUT2D eigenvalue weighted by Crippen LogP contribution is -2.56. The highest BCUT2D eigenvalue weighted by Gasteiger charge is 2.41. The van der Waals surface area contributed by atoms with Crippen molar-refractivity contribution in [3.63, 3.8) is 0 Å². The van der Waals surface area contributed by atoms with Gasteiger partial charge in [-0.1, -0.05) is 43.5 Å². The van der Waals surface area contributed by atoms with Crippen LogP contribution in [0, 0.1) is 11.3 Å². The molecule has 0 bridgehead atoms. The third-order valence-electron chi connectivity index (χ3n) is 6.63. The quantitative estimate of drug-likeness (QED) is 0.347. The van der Waals surface area contributed by atoms with E-state index in [-0.39, 0.29) is 23.6 Å². The highest BCUT2D eigenvalue weighted by Crippen LogP contribution is 2.29. The Morgan fingerprint density at radius 3 is 2.34 bits per heavy atom. The largest absolute Gasteiger partial charge is 0.444 e. The summed E-state index contributed by atoms with van der Waals surface area (Å²) in [7, 11) is 0. The van der Waals surface area contributed by atoms with E-state index in [0.29, 0.717) is 25.1 Å². The maximum absolute atomic E-state index is 13.7. The van der Waals surface area contributed by atoms with E-state index in [9.17, 15) is 14.4 Å². The molecule has 1 heterocycles. The molecular weight excluding hydrogens is 446 g/mol. The molecule has 2 atom stereocenters. The van der Waals surface area contributed by atoms with Gasteiger partial charge in [0.15, 0.2) is 0 Å². The van der Waals surface area contributed by atoms with Crippen LogP contribution in [0.3, 0.4) is 0 Å². The first kappa shape index (κ1) is 26.5. The zero-order valence-corrected chi connectivity index (χ0v) is 21.1. The van der Waals surface area contributed by atoms with Crippen molar-refractivity contribution >= 4 is 23.7 Å². The Hall–Kier alpha value is -3.10. The predicted molar refractivity (Wildman–Crippen MR) is 134 cm³/mol. The molecule has 0 radical (unpaired) electrons. The number of hydrogen-bond donors (Lipinski definition) is 4. The van der Waals surface area contributed by atoms with Gasteiger partial charge in [-0.2, -0.15) is 0 Å². The number of alkyl carbamates (subject to hydrolysis) is 1. The minimum absolute atomic E-state index is 0.00629. The number of amidine groups is 1. The molecule has 1 aliphatic carbocycles. The van der Waals surface area contributed by atoms with E-state index in [0.717, 1.165) is 44.1 Å². The normalized spacial score (nSPS) is 19.6. The van der Waals surface area contributed by atoms with Crippen LogP contribution in [0.2, 0.25) is 0 Å². The van der Waals surface area contributed by atoms with E-state index in [1.807, 2.05) is 12.1 Å². The van der Waals surface area contributed by atoms with E-state index >= 15 is 0 Å². The van der Waals surface area contributed by atoms with Crippen molar-refractivity contribution in [2.45, 2.75) is 89.9 Å². The summed E-state index contributed by atoms with van der Waals surface area (Å²) < 4.78 is 5.44. The first-order valence-corrected chi connectivity index (χ1v) is 12.6.